The van der Waals surface area contributed by atoms with E-state index in [1.807, 2.05) is 36.9 Å². The summed E-state index contributed by atoms with van der Waals surface area (Å²) < 4.78 is 1.90. The smallest absolute Gasteiger partial charge is 0.0597 e. The fourth-order valence-corrected chi connectivity index (χ4v) is 2.32. The van der Waals surface area contributed by atoms with Gasteiger partial charge in [-0.05, 0) is 31.5 Å². The third kappa shape index (κ3) is 2.92. The minimum atomic E-state index is 0.217. The summed E-state index contributed by atoms with van der Waals surface area (Å²) in [6.45, 7) is 4.90. The predicted molar refractivity (Wildman–Crippen MR) is 74.7 cm³/mol. The molecule has 1 atom stereocenters. The van der Waals surface area contributed by atoms with E-state index >= 15 is 0 Å². The van der Waals surface area contributed by atoms with Gasteiger partial charge in [0.25, 0.3) is 0 Å². The molecular formula is C14H18ClN3. The monoisotopic (exact) mass is 263 g/mol. The van der Waals surface area contributed by atoms with E-state index in [0.29, 0.717) is 0 Å². The molecule has 3 nitrogen and oxygen atoms in total. The first-order valence-corrected chi connectivity index (χ1v) is 6.43. The number of halogens is 1. The quantitative estimate of drug-likeness (QED) is 0.918. The van der Waals surface area contributed by atoms with Crippen molar-refractivity contribution in [2.75, 3.05) is 0 Å². The predicted octanol–water partition coefficient (Wildman–Crippen LogP) is 3.23. The van der Waals surface area contributed by atoms with Crippen LogP contribution in [0.15, 0.2) is 30.3 Å². The van der Waals surface area contributed by atoms with E-state index in [0.717, 1.165) is 22.8 Å². The molecule has 96 valence electrons. The van der Waals surface area contributed by atoms with Crippen LogP contribution in [0.5, 0.6) is 0 Å². The van der Waals surface area contributed by atoms with E-state index in [4.69, 9.17) is 11.6 Å². The number of rotatable bonds is 4. The Morgan fingerprint density at radius 1 is 1.39 bits per heavy atom. The summed E-state index contributed by atoms with van der Waals surface area (Å²) in [5.74, 6) is 0. The molecule has 0 bridgehead atoms. The molecule has 0 saturated carbocycles. The molecule has 2 aromatic rings. The van der Waals surface area contributed by atoms with Crippen molar-refractivity contribution in [2.24, 2.45) is 7.05 Å². The second kappa shape index (κ2) is 5.55. The molecule has 0 amide bonds. The number of aryl methyl sites for hydroxylation is 2. The highest BCUT2D eigenvalue weighted by molar-refractivity contribution is 6.31. The molecule has 0 saturated heterocycles. The normalized spacial score (nSPS) is 12.7. The molecule has 1 N–H and O–H groups in total. The van der Waals surface area contributed by atoms with Gasteiger partial charge in [0.05, 0.1) is 11.4 Å². The van der Waals surface area contributed by atoms with Gasteiger partial charge in [-0.25, -0.2) is 0 Å². The minimum absolute atomic E-state index is 0.217. The zero-order valence-corrected chi connectivity index (χ0v) is 11.7. The molecule has 4 heteroatoms. The molecule has 1 aromatic carbocycles. The molecule has 0 unspecified atom stereocenters. The molecule has 0 aliphatic heterocycles. The molecule has 0 spiro atoms. The average Bonchev–Trinajstić information content (AvgIpc) is 2.65. The van der Waals surface area contributed by atoms with Gasteiger partial charge < -0.3 is 5.32 Å². The Labute approximate surface area is 113 Å². The Bertz CT molecular complexity index is 534. The number of aromatic nitrogens is 2. The lowest BCUT2D eigenvalue weighted by atomic mass is 10.1. The average molecular weight is 264 g/mol. The molecular weight excluding hydrogens is 246 g/mol. The molecule has 1 heterocycles. The lowest BCUT2D eigenvalue weighted by molar-refractivity contribution is 0.548. The third-order valence-corrected chi connectivity index (χ3v) is 3.40. The van der Waals surface area contributed by atoms with Gasteiger partial charge in [-0.1, -0.05) is 29.8 Å². The van der Waals surface area contributed by atoms with Crippen molar-refractivity contribution in [3.8, 4) is 0 Å². The van der Waals surface area contributed by atoms with Crippen molar-refractivity contribution < 1.29 is 0 Å². The number of nitrogens with one attached hydrogen (secondary N) is 1. The van der Waals surface area contributed by atoms with Gasteiger partial charge >= 0.3 is 0 Å². The Morgan fingerprint density at radius 2 is 2.11 bits per heavy atom. The largest absolute Gasteiger partial charge is 0.305 e. The Balaban J connectivity index is 2.03. The van der Waals surface area contributed by atoms with E-state index in [1.165, 1.54) is 5.69 Å². The third-order valence-electron chi connectivity index (χ3n) is 3.06. The SMILES string of the molecule is Cc1cc(CN[C@H](C)c2ccccc2Cl)n(C)n1. The first-order chi connectivity index (χ1) is 8.58. The highest BCUT2D eigenvalue weighted by Crippen LogP contribution is 2.22. The lowest BCUT2D eigenvalue weighted by Crippen LogP contribution is -2.20. The highest BCUT2D eigenvalue weighted by Gasteiger charge is 2.09. The standard InChI is InChI=1S/C14H18ClN3/c1-10-8-12(18(3)17-10)9-16-11(2)13-6-4-5-7-14(13)15/h4-8,11,16H,9H2,1-3H3/t11-/m1/s1. The van der Waals surface area contributed by atoms with Crippen LogP contribution in [0.2, 0.25) is 5.02 Å². The van der Waals surface area contributed by atoms with Crippen LogP contribution < -0.4 is 5.32 Å². The van der Waals surface area contributed by atoms with Crippen LogP contribution in [-0.4, -0.2) is 9.78 Å². The molecule has 0 fully saturated rings. The number of hydrogen-bond acceptors (Lipinski definition) is 2. The van der Waals surface area contributed by atoms with Gasteiger partial charge in [-0.3, -0.25) is 4.68 Å². The summed E-state index contributed by atoms with van der Waals surface area (Å²) in [4.78, 5) is 0. The minimum Gasteiger partial charge on any atom is -0.305 e. The van der Waals surface area contributed by atoms with Crippen LogP contribution >= 0.6 is 11.6 Å². The van der Waals surface area contributed by atoms with Crippen LogP contribution in [0.25, 0.3) is 0 Å². The van der Waals surface area contributed by atoms with Crippen LogP contribution in [0.1, 0.15) is 29.9 Å². The van der Waals surface area contributed by atoms with Crippen molar-refractivity contribution in [3.63, 3.8) is 0 Å². The number of hydrogen-bond donors (Lipinski definition) is 1. The van der Waals surface area contributed by atoms with Gasteiger partial charge in [0.15, 0.2) is 0 Å². The maximum atomic E-state index is 6.18. The van der Waals surface area contributed by atoms with Crippen molar-refractivity contribution in [1.29, 1.82) is 0 Å². The summed E-state index contributed by atoms with van der Waals surface area (Å²) >= 11 is 6.18. The van der Waals surface area contributed by atoms with Gasteiger partial charge in [-0.15, -0.1) is 0 Å². The first kappa shape index (κ1) is 13.1. The van der Waals surface area contributed by atoms with Crippen molar-refractivity contribution in [2.45, 2.75) is 26.4 Å². The molecule has 1 aromatic heterocycles. The van der Waals surface area contributed by atoms with Crippen LogP contribution in [0.3, 0.4) is 0 Å². The summed E-state index contributed by atoms with van der Waals surface area (Å²) in [5, 5.41) is 8.60. The van der Waals surface area contributed by atoms with Gasteiger partial charge in [0.1, 0.15) is 0 Å². The molecule has 0 radical (unpaired) electrons. The van der Waals surface area contributed by atoms with E-state index in [1.54, 1.807) is 0 Å². The highest BCUT2D eigenvalue weighted by atomic mass is 35.5. The molecule has 18 heavy (non-hydrogen) atoms. The molecule has 2 rings (SSSR count). The second-order valence-electron chi connectivity index (χ2n) is 4.52. The van der Waals surface area contributed by atoms with Gasteiger partial charge in [0, 0.05) is 24.7 Å². The van der Waals surface area contributed by atoms with Gasteiger partial charge in [-0.2, -0.15) is 5.10 Å². The van der Waals surface area contributed by atoms with Crippen LogP contribution in [0.4, 0.5) is 0 Å². The summed E-state index contributed by atoms with van der Waals surface area (Å²) in [6.07, 6.45) is 0. The van der Waals surface area contributed by atoms with Crippen molar-refractivity contribution in [1.82, 2.24) is 15.1 Å². The zero-order chi connectivity index (χ0) is 13.1. The van der Waals surface area contributed by atoms with E-state index < -0.39 is 0 Å². The topological polar surface area (TPSA) is 29.9 Å². The summed E-state index contributed by atoms with van der Waals surface area (Å²) in [5.41, 5.74) is 3.34. The maximum absolute atomic E-state index is 6.18. The van der Waals surface area contributed by atoms with E-state index in [9.17, 15) is 0 Å². The first-order valence-electron chi connectivity index (χ1n) is 6.05. The van der Waals surface area contributed by atoms with Crippen LogP contribution in [0, 0.1) is 6.92 Å². The molecule has 0 aliphatic carbocycles. The number of benzene rings is 1. The van der Waals surface area contributed by atoms with Crippen molar-refractivity contribution >= 4 is 11.6 Å². The van der Waals surface area contributed by atoms with E-state index in [2.05, 4.69) is 29.5 Å². The Hall–Kier alpha value is -1.32. The summed E-state index contributed by atoms with van der Waals surface area (Å²) in [6, 6.07) is 10.2. The van der Waals surface area contributed by atoms with E-state index in [-0.39, 0.29) is 6.04 Å². The zero-order valence-electron chi connectivity index (χ0n) is 10.9. The summed E-state index contributed by atoms with van der Waals surface area (Å²) in [7, 11) is 1.96. The Morgan fingerprint density at radius 3 is 2.72 bits per heavy atom. The fourth-order valence-electron chi connectivity index (χ4n) is 2.02. The fraction of sp³-hybridized carbons (Fsp3) is 0.357. The van der Waals surface area contributed by atoms with Crippen molar-refractivity contribution in [3.05, 3.63) is 52.3 Å². The maximum Gasteiger partial charge on any atom is 0.0597 e. The Kier molecular flexibility index (Phi) is 4.04. The lowest BCUT2D eigenvalue weighted by Gasteiger charge is -2.15. The van der Waals surface area contributed by atoms with Gasteiger partial charge in [0.2, 0.25) is 0 Å². The molecule has 0 aliphatic rings. The second-order valence-corrected chi connectivity index (χ2v) is 4.93. The number of nitrogens with zero attached hydrogens (tertiary/aromatic N) is 2. The van der Waals surface area contributed by atoms with Crippen LogP contribution in [-0.2, 0) is 13.6 Å².